The van der Waals surface area contributed by atoms with E-state index in [-0.39, 0.29) is 12.1 Å². The smallest absolute Gasteiger partial charge is 0.0825 e. The number of alkyl halides is 1. The molecule has 2 unspecified atom stereocenters. The minimum atomic E-state index is 0.132. The molecule has 0 amide bonds. The Morgan fingerprint density at radius 2 is 2.33 bits per heavy atom. The molecule has 1 rings (SSSR count). The highest BCUT2D eigenvalue weighted by Crippen LogP contribution is 2.15. The summed E-state index contributed by atoms with van der Waals surface area (Å²) in [5.74, 6) is 0.431. The Morgan fingerprint density at radius 1 is 1.56 bits per heavy atom. The Kier molecular flexibility index (Phi) is 2.76. The van der Waals surface area contributed by atoms with Crippen molar-refractivity contribution in [2.24, 2.45) is 5.92 Å². The largest absolute Gasteiger partial charge is 0.396 e. The quantitative estimate of drug-likeness (QED) is 0.422. The van der Waals surface area contributed by atoms with Gasteiger partial charge < -0.3 is 10.4 Å². The topological polar surface area (TPSA) is 32.3 Å². The van der Waals surface area contributed by atoms with Crippen LogP contribution in [0.4, 0.5) is 0 Å². The molecule has 0 aromatic rings. The lowest BCUT2D eigenvalue weighted by molar-refractivity contribution is 0.195. The van der Waals surface area contributed by atoms with Crippen LogP contribution in [0.1, 0.15) is 12.8 Å². The zero-order chi connectivity index (χ0) is 6.69. The first kappa shape index (κ1) is 7.32. The second-order valence-electron chi connectivity index (χ2n) is 2.50. The van der Waals surface area contributed by atoms with Crippen LogP contribution in [-0.4, -0.2) is 23.8 Å². The molecule has 9 heavy (non-hydrogen) atoms. The Morgan fingerprint density at radius 3 is 2.78 bits per heavy atom. The second kappa shape index (κ2) is 3.40. The van der Waals surface area contributed by atoms with Crippen molar-refractivity contribution < 1.29 is 5.11 Å². The maximum Gasteiger partial charge on any atom is 0.0825 e. The van der Waals surface area contributed by atoms with Crippen LogP contribution in [0.3, 0.4) is 0 Å². The molecule has 1 saturated heterocycles. The standard InChI is InChI=1S/C6H12ClNO/c7-6-2-1-5(4-9)3-8-6/h5-6,8-9H,1-4H2. The molecule has 0 aromatic carbocycles. The van der Waals surface area contributed by atoms with Gasteiger partial charge in [-0.2, -0.15) is 0 Å². The summed E-state index contributed by atoms with van der Waals surface area (Å²) in [5.41, 5.74) is 0.132. The van der Waals surface area contributed by atoms with Crippen molar-refractivity contribution >= 4 is 11.6 Å². The van der Waals surface area contributed by atoms with Gasteiger partial charge in [0.05, 0.1) is 5.50 Å². The highest BCUT2D eigenvalue weighted by molar-refractivity contribution is 6.20. The fraction of sp³-hybridized carbons (Fsp3) is 1.00. The zero-order valence-electron chi connectivity index (χ0n) is 5.31. The molecule has 0 bridgehead atoms. The van der Waals surface area contributed by atoms with Crippen LogP contribution >= 0.6 is 11.6 Å². The zero-order valence-corrected chi connectivity index (χ0v) is 6.06. The van der Waals surface area contributed by atoms with Gasteiger partial charge in [0.15, 0.2) is 0 Å². The molecule has 0 spiro atoms. The van der Waals surface area contributed by atoms with Crippen LogP contribution in [0.25, 0.3) is 0 Å². The normalized spacial score (nSPS) is 36.7. The first-order chi connectivity index (χ1) is 4.33. The van der Waals surface area contributed by atoms with Crippen LogP contribution in [0.15, 0.2) is 0 Å². The number of halogens is 1. The lowest BCUT2D eigenvalue weighted by atomic mass is 10.0. The molecule has 1 aliphatic heterocycles. The van der Waals surface area contributed by atoms with Crippen LogP contribution in [0.5, 0.6) is 0 Å². The van der Waals surface area contributed by atoms with Crippen molar-refractivity contribution in [2.75, 3.05) is 13.2 Å². The van der Waals surface area contributed by atoms with Gasteiger partial charge in [0, 0.05) is 13.2 Å². The summed E-state index contributed by atoms with van der Waals surface area (Å²) in [7, 11) is 0. The molecule has 2 N–H and O–H groups in total. The summed E-state index contributed by atoms with van der Waals surface area (Å²) in [4.78, 5) is 0. The molecule has 0 saturated carbocycles. The third-order valence-corrected chi connectivity index (χ3v) is 2.09. The molecule has 1 aliphatic rings. The van der Waals surface area contributed by atoms with E-state index in [0.717, 1.165) is 19.4 Å². The number of hydrogen-bond acceptors (Lipinski definition) is 2. The summed E-state index contributed by atoms with van der Waals surface area (Å²) in [5, 5.41) is 11.8. The van der Waals surface area contributed by atoms with E-state index in [2.05, 4.69) is 5.32 Å². The Bertz CT molecular complexity index is 81.1. The van der Waals surface area contributed by atoms with E-state index in [1.54, 1.807) is 0 Å². The van der Waals surface area contributed by atoms with Gasteiger partial charge in [-0.05, 0) is 18.8 Å². The Balaban J connectivity index is 2.18. The molecule has 1 fully saturated rings. The van der Waals surface area contributed by atoms with Crippen LogP contribution in [0, 0.1) is 5.92 Å². The highest BCUT2D eigenvalue weighted by atomic mass is 35.5. The molecular formula is C6H12ClNO. The van der Waals surface area contributed by atoms with Crippen LogP contribution in [-0.2, 0) is 0 Å². The van der Waals surface area contributed by atoms with E-state index < -0.39 is 0 Å². The van der Waals surface area contributed by atoms with Crippen molar-refractivity contribution in [3.8, 4) is 0 Å². The summed E-state index contributed by atoms with van der Waals surface area (Å²) in [6.07, 6.45) is 2.03. The Labute approximate surface area is 60.2 Å². The highest BCUT2D eigenvalue weighted by Gasteiger charge is 2.16. The average molecular weight is 150 g/mol. The van der Waals surface area contributed by atoms with E-state index >= 15 is 0 Å². The molecule has 0 aliphatic carbocycles. The minimum Gasteiger partial charge on any atom is -0.396 e. The predicted octanol–water partition coefficient (Wildman–Crippen LogP) is 0.543. The lowest BCUT2D eigenvalue weighted by Crippen LogP contribution is -2.36. The van der Waals surface area contributed by atoms with Gasteiger partial charge in [0.2, 0.25) is 0 Å². The SMILES string of the molecule is OCC1CCC(Cl)NC1. The van der Waals surface area contributed by atoms with Crippen molar-refractivity contribution in [3.05, 3.63) is 0 Å². The fourth-order valence-corrected chi connectivity index (χ4v) is 1.25. The van der Waals surface area contributed by atoms with Gasteiger partial charge in [0.25, 0.3) is 0 Å². The predicted molar refractivity (Wildman–Crippen MR) is 37.5 cm³/mol. The number of nitrogens with one attached hydrogen (secondary N) is 1. The summed E-state index contributed by atoms with van der Waals surface area (Å²) < 4.78 is 0. The number of aliphatic hydroxyl groups excluding tert-OH is 1. The van der Waals surface area contributed by atoms with Gasteiger partial charge in [-0.15, -0.1) is 11.6 Å². The minimum absolute atomic E-state index is 0.132. The summed E-state index contributed by atoms with van der Waals surface area (Å²) >= 11 is 5.75. The maximum atomic E-state index is 8.69. The fourth-order valence-electron chi connectivity index (χ4n) is 1.04. The molecule has 54 valence electrons. The van der Waals surface area contributed by atoms with Crippen molar-refractivity contribution in [3.63, 3.8) is 0 Å². The summed E-state index contributed by atoms with van der Waals surface area (Å²) in [6, 6.07) is 0. The molecule has 0 aromatic heterocycles. The molecule has 1 heterocycles. The van der Waals surface area contributed by atoms with E-state index in [9.17, 15) is 0 Å². The first-order valence-corrected chi connectivity index (χ1v) is 3.75. The molecule has 2 nitrogen and oxygen atoms in total. The van der Waals surface area contributed by atoms with Gasteiger partial charge >= 0.3 is 0 Å². The number of rotatable bonds is 1. The third-order valence-electron chi connectivity index (χ3n) is 1.71. The second-order valence-corrected chi connectivity index (χ2v) is 3.03. The van der Waals surface area contributed by atoms with E-state index in [4.69, 9.17) is 16.7 Å². The van der Waals surface area contributed by atoms with E-state index in [0.29, 0.717) is 5.92 Å². The van der Waals surface area contributed by atoms with Gasteiger partial charge in [-0.25, -0.2) is 0 Å². The van der Waals surface area contributed by atoms with E-state index in [1.165, 1.54) is 0 Å². The van der Waals surface area contributed by atoms with Crippen LogP contribution in [0.2, 0.25) is 0 Å². The number of hydrogen-bond donors (Lipinski definition) is 2. The molecule has 2 atom stereocenters. The number of piperidine rings is 1. The molecule has 0 radical (unpaired) electrons. The third kappa shape index (κ3) is 2.12. The molecule has 3 heteroatoms. The summed E-state index contributed by atoms with van der Waals surface area (Å²) in [6.45, 7) is 1.15. The van der Waals surface area contributed by atoms with Crippen molar-refractivity contribution in [1.82, 2.24) is 5.32 Å². The van der Waals surface area contributed by atoms with E-state index in [1.807, 2.05) is 0 Å². The first-order valence-electron chi connectivity index (χ1n) is 3.31. The van der Waals surface area contributed by atoms with Crippen LogP contribution < -0.4 is 5.32 Å². The van der Waals surface area contributed by atoms with Crippen molar-refractivity contribution in [1.29, 1.82) is 0 Å². The average Bonchev–Trinajstić information content (AvgIpc) is 1.90. The van der Waals surface area contributed by atoms with Gasteiger partial charge in [-0.3, -0.25) is 0 Å². The van der Waals surface area contributed by atoms with Gasteiger partial charge in [-0.1, -0.05) is 0 Å². The maximum absolute atomic E-state index is 8.69. The monoisotopic (exact) mass is 149 g/mol. The number of aliphatic hydroxyl groups is 1. The van der Waals surface area contributed by atoms with Crippen molar-refractivity contribution in [2.45, 2.75) is 18.3 Å². The Hall–Kier alpha value is 0.210. The van der Waals surface area contributed by atoms with Gasteiger partial charge in [0.1, 0.15) is 0 Å². The lowest BCUT2D eigenvalue weighted by Gasteiger charge is -2.24. The molecular weight excluding hydrogens is 138 g/mol.